The summed E-state index contributed by atoms with van der Waals surface area (Å²) in [6, 6.07) is -1.42. The standard InChI is InChI=1S/C15H22N2O7S/c1-5-10(9(6(2)18)14(21)22)17-11(15(23)24)12(5)25-7-3-8(13(19)20)16-4-7/h5-10,16-18H,3-4H2,1-2H3,(H,19,20)(H,21,22)(H,23,24)/t5-,6-,7+,8+,9-,10-/m1/s1. The third-order valence-corrected chi connectivity index (χ3v) is 6.12. The number of hydrogen-bond donors (Lipinski definition) is 6. The van der Waals surface area contributed by atoms with Crippen LogP contribution in [0.5, 0.6) is 0 Å². The number of aliphatic carboxylic acids is 3. The highest BCUT2D eigenvalue weighted by Gasteiger charge is 2.45. The number of aliphatic hydroxyl groups excluding tert-OH is 1. The Hall–Kier alpha value is -1.78. The van der Waals surface area contributed by atoms with Crippen molar-refractivity contribution in [3.8, 4) is 0 Å². The lowest BCUT2D eigenvalue weighted by Gasteiger charge is -2.27. The van der Waals surface area contributed by atoms with Gasteiger partial charge in [0, 0.05) is 28.7 Å². The molecule has 0 spiro atoms. The SMILES string of the molecule is C[C@@H](O)[C@@H](C(=O)O)[C@@H]1NC(C(=O)O)=C(S[C@@H]2CN[C@H](C(=O)O)C2)[C@@H]1C. The van der Waals surface area contributed by atoms with E-state index in [0.29, 0.717) is 17.9 Å². The predicted octanol–water partition coefficient (Wildman–Crippen LogP) is -0.480. The number of nitrogens with one attached hydrogen (secondary N) is 2. The number of hydrogen-bond acceptors (Lipinski definition) is 7. The molecule has 6 atom stereocenters. The van der Waals surface area contributed by atoms with E-state index in [9.17, 15) is 29.7 Å². The molecule has 6 N–H and O–H groups in total. The number of aliphatic hydroxyl groups is 1. The van der Waals surface area contributed by atoms with Gasteiger partial charge in [-0.05, 0) is 13.3 Å². The van der Waals surface area contributed by atoms with Crippen LogP contribution < -0.4 is 10.6 Å². The first kappa shape index (κ1) is 19.5. The fraction of sp³-hybridized carbons (Fsp3) is 0.667. The highest BCUT2D eigenvalue weighted by molar-refractivity contribution is 8.03. The van der Waals surface area contributed by atoms with E-state index in [-0.39, 0.29) is 10.9 Å². The minimum atomic E-state index is -1.20. The molecule has 2 aliphatic heterocycles. The second-order valence-electron chi connectivity index (χ2n) is 6.38. The lowest BCUT2D eigenvalue weighted by Crippen LogP contribution is -2.45. The molecule has 0 amide bonds. The highest BCUT2D eigenvalue weighted by Crippen LogP contribution is 2.41. The first-order valence-corrected chi connectivity index (χ1v) is 8.79. The van der Waals surface area contributed by atoms with Gasteiger partial charge in [0.15, 0.2) is 0 Å². The maximum atomic E-state index is 11.6. The zero-order chi connectivity index (χ0) is 18.9. The van der Waals surface area contributed by atoms with Gasteiger partial charge in [0.05, 0.1) is 6.10 Å². The van der Waals surface area contributed by atoms with Crippen molar-refractivity contribution in [1.29, 1.82) is 0 Å². The largest absolute Gasteiger partial charge is 0.481 e. The number of carbonyl (C=O) groups is 3. The van der Waals surface area contributed by atoms with Crippen molar-refractivity contribution < 1.29 is 34.8 Å². The van der Waals surface area contributed by atoms with Gasteiger partial charge in [-0.15, -0.1) is 11.8 Å². The molecule has 9 nitrogen and oxygen atoms in total. The van der Waals surface area contributed by atoms with Crippen LogP contribution in [0.25, 0.3) is 0 Å². The summed E-state index contributed by atoms with van der Waals surface area (Å²) in [5.41, 5.74) is -0.0758. The molecule has 1 saturated heterocycles. The normalized spacial score (nSPS) is 31.5. The van der Waals surface area contributed by atoms with Crippen LogP contribution in [-0.4, -0.2) is 68.3 Å². The first-order valence-electron chi connectivity index (χ1n) is 7.91. The zero-order valence-corrected chi connectivity index (χ0v) is 14.6. The minimum Gasteiger partial charge on any atom is -0.481 e. The monoisotopic (exact) mass is 374 g/mol. The van der Waals surface area contributed by atoms with E-state index in [1.54, 1.807) is 6.92 Å². The van der Waals surface area contributed by atoms with Gasteiger partial charge in [-0.3, -0.25) is 9.59 Å². The molecule has 0 saturated carbocycles. The Kier molecular flexibility index (Phi) is 5.96. The molecule has 10 heteroatoms. The predicted molar refractivity (Wildman–Crippen MR) is 89.0 cm³/mol. The Morgan fingerprint density at radius 2 is 1.88 bits per heavy atom. The van der Waals surface area contributed by atoms with Gasteiger partial charge >= 0.3 is 17.9 Å². The molecule has 0 aromatic carbocycles. The summed E-state index contributed by atoms with van der Waals surface area (Å²) < 4.78 is 0. The third kappa shape index (κ3) is 4.07. The Morgan fingerprint density at radius 1 is 1.24 bits per heavy atom. The van der Waals surface area contributed by atoms with Crippen LogP contribution >= 0.6 is 11.8 Å². The van der Waals surface area contributed by atoms with E-state index in [1.807, 2.05) is 0 Å². The molecule has 0 aromatic heterocycles. The molecular formula is C15H22N2O7S. The van der Waals surface area contributed by atoms with Crippen LogP contribution in [0, 0.1) is 11.8 Å². The van der Waals surface area contributed by atoms with Gasteiger partial charge in [0.2, 0.25) is 0 Å². The van der Waals surface area contributed by atoms with Gasteiger partial charge < -0.3 is 31.1 Å². The lowest BCUT2D eigenvalue weighted by atomic mass is 9.87. The fourth-order valence-corrected chi connectivity index (χ4v) is 4.76. The Labute approximate surface area is 148 Å². The van der Waals surface area contributed by atoms with E-state index < -0.39 is 47.9 Å². The topological polar surface area (TPSA) is 156 Å². The molecule has 2 heterocycles. The summed E-state index contributed by atoms with van der Waals surface area (Å²) in [5, 5.41) is 43.1. The molecule has 0 bridgehead atoms. The van der Waals surface area contributed by atoms with Crippen molar-refractivity contribution in [1.82, 2.24) is 10.6 Å². The van der Waals surface area contributed by atoms with Gasteiger partial charge in [-0.1, -0.05) is 6.92 Å². The maximum Gasteiger partial charge on any atom is 0.352 e. The minimum absolute atomic E-state index is 0.0758. The Morgan fingerprint density at radius 3 is 2.32 bits per heavy atom. The second kappa shape index (κ2) is 7.63. The third-order valence-electron chi connectivity index (χ3n) is 4.60. The van der Waals surface area contributed by atoms with E-state index in [2.05, 4.69) is 10.6 Å². The molecule has 0 unspecified atom stereocenters. The maximum absolute atomic E-state index is 11.6. The van der Waals surface area contributed by atoms with Gasteiger partial charge in [0.1, 0.15) is 17.7 Å². The van der Waals surface area contributed by atoms with Crippen LogP contribution in [0.4, 0.5) is 0 Å². The van der Waals surface area contributed by atoms with Crippen LogP contribution in [0.2, 0.25) is 0 Å². The summed E-state index contributed by atoms with van der Waals surface area (Å²) in [6.07, 6.45) is -0.798. The van der Waals surface area contributed by atoms with Crippen molar-refractivity contribution in [2.75, 3.05) is 6.54 Å². The quantitative estimate of drug-likeness (QED) is 0.344. The molecular weight excluding hydrogens is 352 g/mol. The summed E-state index contributed by atoms with van der Waals surface area (Å²) in [5.74, 6) is -4.95. The van der Waals surface area contributed by atoms with Crippen LogP contribution in [-0.2, 0) is 14.4 Å². The lowest BCUT2D eigenvalue weighted by molar-refractivity contribution is -0.147. The summed E-state index contributed by atoms with van der Waals surface area (Å²) >= 11 is 1.26. The van der Waals surface area contributed by atoms with Crippen LogP contribution in [0.1, 0.15) is 20.3 Å². The van der Waals surface area contributed by atoms with E-state index in [1.165, 1.54) is 18.7 Å². The molecule has 1 fully saturated rings. The summed E-state index contributed by atoms with van der Waals surface area (Å²) in [7, 11) is 0. The fourth-order valence-electron chi connectivity index (χ4n) is 3.31. The molecule has 0 aliphatic carbocycles. The van der Waals surface area contributed by atoms with Crippen LogP contribution in [0.3, 0.4) is 0 Å². The van der Waals surface area contributed by atoms with E-state index in [4.69, 9.17) is 5.11 Å². The average Bonchev–Trinajstić information content (AvgIpc) is 3.07. The summed E-state index contributed by atoms with van der Waals surface area (Å²) in [6.45, 7) is 3.50. The zero-order valence-electron chi connectivity index (χ0n) is 13.8. The number of carboxylic acid groups (broad SMARTS) is 3. The number of carboxylic acids is 3. The molecule has 2 aliphatic rings. The summed E-state index contributed by atoms with van der Waals surface area (Å²) in [4.78, 5) is 34.5. The van der Waals surface area contributed by atoms with Gasteiger partial charge in [-0.2, -0.15) is 0 Å². The molecule has 25 heavy (non-hydrogen) atoms. The van der Waals surface area contributed by atoms with E-state index in [0.717, 1.165) is 0 Å². The second-order valence-corrected chi connectivity index (χ2v) is 7.72. The van der Waals surface area contributed by atoms with Crippen molar-refractivity contribution in [3.63, 3.8) is 0 Å². The molecule has 140 valence electrons. The van der Waals surface area contributed by atoms with Crippen molar-refractivity contribution in [2.45, 2.75) is 43.7 Å². The molecule has 0 aromatic rings. The van der Waals surface area contributed by atoms with Gasteiger partial charge in [-0.25, -0.2) is 4.79 Å². The van der Waals surface area contributed by atoms with Crippen LogP contribution in [0.15, 0.2) is 10.6 Å². The van der Waals surface area contributed by atoms with Crippen molar-refractivity contribution in [3.05, 3.63) is 10.6 Å². The smallest absolute Gasteiger partial charge is 0.352 e. The van der Waals surface area contributed by atoms with Gasteiger partial charge in [0.25, 0.3) is 0 Å². The van der Waals surface area contributed by atoms with Crippen molar-refractivity contribution in [2.24, 2.45) is 11.8 Å². The average molecular weight is 374 g/mol. The van der Waals surface area contributed by atoms with E-state index >= 15 is 0 Å². The molecule has 2 rings (SSSR count). The highest BCUT2D eigenvalue weighted by atomic mass is 32.2. The number of thioether (sulfide) groups is 1. The molecule has 0 radical (unpaired) electrons. The Bertz CT molecular complexity index is 607. The number of rotatable bonds is 7. The van der Waals surface area contributed by atoms with Crippen molar-refractivity contribution >= 4 is 29.7 Å². The first-order chi connectivity index (χ1) is 11.6. The Balaban J connectivity index is 2.19.